The smallest absolute Gasteiger partial charge is 0.261 e. The Morgan fingerprint density at radius 1 is 1.00 bits per heavy atom. The Morgan fingerprint density at radius 3 is 2.23 bits per heavy atom. The third-order valence-corrected chi connectivity index (χ3v) is 5.06. The van der Waals surface area contributed by atoms with Crippen molar-refractivity contribution in [3.8, 4) is 11.5 Å². The number of ether oxygens (including phenoxy) is 2. The van der Waals surface area contributed by atoms with Gasteiger partial charge in [-0.3, -0.25) is 19.3 Å². The van der Waals surface area contributed by atoms with Crippen LogP contribution < -0.4 is 9.47 Å². The van der Waals surface area contributed by atoms with E-state index in [2.05, 4.69) is 0 Å². The van der Waals surface area contributed by atoms with Gasteiger partial charge in [0.25, 0.3) is 11.8 Å². The average Bonchev–Trinajstić information content (AvgIpc) is 3.01. The lowest BCUT2D eigenvalue weighted by molar-refractivity contribution is -0.131. The van der Waals surface area contributed by atoms with Crippen LogP contribution in [-0.2, 0) is 11.3 Å². The number of imide groups is 1. The molecule has 7 heteroatoms. The van der Waals surface area contributed by atoms with Crippen LogP contribution in [-0.4, -0.2) is 54.3 Å². The Morgan fingerprint density at radius 2 is 1.67 bits per heavy atom. The minimum atomic E-state index is -0.345. The highest BCUT2D eigenvalue weighted by Crippen LogP contribution is 2.28. The normalized spacial score (nSPS) is 12.7. The first-order valence-electron chi connectivity index (χ1n) is 10.0. The summed E-state index contributed by atoms with van der Waals surface area (Å²) in [6, 6.07) is 12.3. The second kappa shape index (κ2) is 9.43. The van der Waals surface area contributed by atoms with E-state index in [0.29, 0.717) is 42.3 Å². The van der Waals surface area contributed by atoms with Gasteiger partial charge in [-0.1, -0.05) is 18.2 Å². The quantitative estimate of drug-likeness (QED) is 0.594. The van der Waals surface area contributed by atoms with Crippen molar-refractivity contribution in [2.75, 3.05) is 26.8 Å². The molecule has 0 bridgehead atoms. The Kier molecular flexibility index (Phi) is 6.72. The third-order valence-electron chi connectivity index (χ3n) is 5.06. The summed E-state index contributed by atoms with van der Waals surface area (Å²) in [6.07, 6.45) is 0.0769. The zero-order valence-electron chi connectivity index (χ0n) is 17.5. The molecule has 30 heavy (non-hydrogen) atoms. The highest BCUT2D eigenvalue weighted by atomic mass is 16.5. The molecule has 0 unspecified atom stereocenters. The van der Waals surface area contributed by atoms with Crippen LogP contribution >= 0.6 is 0 Å². The predicted molar refractivity (Wildman–Crippen MR) is 112 cm³/mol. The van der Waals surface area contributed by atoms with E-state index in [9.17, 15) is 14.4 Å². The van der Waals surface area contributed by atoms with E-state index >= 15 is 0 Å². The average molecular weight is 410 g/mol. The van der Waals surface area contributed by atoms with Crippen molar-refractivity contribution in [1.29, 1.82) is 0 Å². The number of carbonyl (C=O) groups is 3. The largest absolute Gasteiger partial charge is 0.493 e. The molecular formula is C23H26N2O5. The molecule has 3 rings (SSSR count). The summed E-state index contributed by atoms with van der Waals surface area (Å²) in [7, 11) is 1.58. The number of amides is 3. The van der Waals surface area contributed by atoms with Crippen molar-refractivity contribution >= 4 is 17.7 Å². The highest BCUT2D eigenvalue weighted by molar-refractivity contribution is 6.21. The van der Waals surface area contributed by atoms with E-state index < -0.39 is 0 Å². The van der Waals surface area contributed by atoms with Gasteiger partial charge in [-0.2, -0.15) is 0 Å². The summed E-state index contributed by atoms with van der Waals surface area (Å²) >= 11 is 0. The van der Waals surface area contributed by atoms with E-state index in [1.165, 1.54) is 0 Å². The number of benzene rings is 2. The number of nitrogens with zero attached hydrogens (tertiary/aromatic N) is 2. The van der Waals surface area contributed by atoms with E-state index in [0.717, 1.165) is 10.5 Å². The highest BCUT2D eigenvalue weighted by Gasteiger charge is 2.35. The van der Waals surface area contributed by atoms with Crippen molar-refractivity contribution in [3.05, 3.63) is 59.2 Å². The lowest BCUT2D eigenvalue weighted by atomic mass is 10.1. The number of rotatable bonds is 9. The van der Waals surface area contributed by atoms with E-state index in [4.69, 9.17) is 9.47 Å². The summed E-state index contributed by atoms with van der Waals surface area (Å²) in [4.78, 5) is 40.5. The molecule has 0 radical (unpaired) electrons. The van der Waals surface area contributed by atoms with Crippen LogP contribution in [0.15, 0.2) is 42.5 Å². The fourth-order valence-electron chi connectivity index (χ4n) is 3.49. The first-order valence-corrected chi connectivity index (χ1v) is 10.0. The maximum atomic E-state index is 12.8. The van der Waals surface area contributed by atoms with Gasteiger partial charge in [0.05, 0.1) is 24.8 Å². The monoisotopic (exact) mass is 410 g/mol. The summed E-state index contributed by atoms with van der Waals surface area (Å²) in [6.45, 7) is 5.31. The first kappa shape index (κ1) is 21.4. The molecule has 0 aliphatic carbocycles. The zero-order valence-corrected chi connectivity index (χ0v) is 17.5. The van der Waals surface area contributed by atoms with Crippen molar-refractivity contribution < 1.29 is 23.9 Å². The molecule has 0 N–H and O–H groups in total. The molecule has 0 atom stereocenters. The van der Waals surface area contributed by atoms with Gasteiger partial charge in [0.15, 0.2) is 11.5 Å². The van der Waals surface area contributed by atoms with Crippen LogP contribution in [0.3, 0.4) is 0 Å². The van der Waals surface area contributed by atoms with Crippen LogP contribution in [0.2, 0.25) is 0 Å². The van der Waals surface area contributed by atoms with Crippen molar-refractivity contribution in [2.24, 2.45) is 0 Å². The first-order chi connectivity index (χ1) is 14.5. The van der Waals surface area contributed by atoms with E-state index in [1.54, 1.807) is 36.3 Å². The summed E-state index contributed by atoms with van der Waals surface area (Å²) in [5.74, 6) is 0.458. The second-order valence-corrected chi connectivity index (χ2v) is 6.88. The fraction of sp³-hybridized carbons (Fsp3) is 0.348. The molecule has 2 aromatic carbocycles. The van der Waals surface area contributed by atoms with Gasteiger partial charge < -0.3 is 14.4 Å². The van der Waals surface area contributed by atoms with Crippen LogP contribution in [0.4, 0.5) is 0 Å². The number of carbonyl (C=O) groups excluding carboxylic acids is 3. The Hall–Kier alpha value is -3.35. The number of hydrogen-bond acceptors (Lipinski definition) is 5. The molecular weight excluding hydrogens is 384 g/mol. The molecule has 1 aliphatic rings. The third kappa shape index (κ3) is 4.30. The Balaban J connectivity index is 1.63. The molecule has 0 fully saturated rings. The summed E-state index contributed by atoms with van der Waals surface area (Å²) < 4.78 is 10.9. The van der Waals surface area contributed by atoms with Crippen LogP contribution in [0.5, 0.6) is 11.5 Å². The van der Waals surface area contributed by atoms with Gasteiger partial charge in [-0.25, -0.2) is 0 Å². The van der Waals surface area contributed by atoms with Gasteiger partial charge in [0, 0.05) is 26.1 Å². The molecule has 0 aromatic heterocycles. The molecule has 158 valence electrons. The topological polar surface area (TPSA) is 76.2 Å². The maximum Gasteiger partial charge on any atom is 0.261 e. The van der Waals surface area contributed by atoms with Crippen molar-refractivity contribution in [3.63, 3.8) is 0 Å². The van der Waals surface area contributed by atoms with Crippen molar-refractivity contribution in [2.45, 2.75) is 26.8 Å². The van der Waals surface area contributed by atoms with E-state index in [1.807, 2.05) is 32.0 Å². The number of hydrogen-bond donors (Lipinski definition) is 0. The molecule has 1 aliphatic heterocycles. The van der Waals surface area contributed by atoms with Crippen LogP contribution in [0, 0.1) is 0 Å². The summed E-state index contributed by atoms with van der Waals surface area (Å²) in [5, 5.41) is 0. The lowest BCUT2D eigenvalue weighted by Gasteiger charge is -2.23. The standard InChI is InChI=1S/C23H26N2O5/c1-4-24(15-16-10-11-19(30-5-2)20(14-16)29-3)21(26)12-13-25-22(27)17-8-6-7-9-18(17)23(25)28/h6-11,14H,4-5,12-13,15H2,1-3H3. The van der Waals surface area contributed by atoms with Gasteiger partial charge >= 0.3 is 0 Å². The lowest BCUT2D eigenvalue weighted by Crippen LogP contribution is -2.36. The van der Waals surface area contributed by atoms with E-state index in [-0.39, 0.29) is 30.7 Å². The van der Waals surface area contributed by atoms with Gasteiger partial charge in [0.1, 0.15) is 0 Å². The van der Waals surface area contributed by atoms with Gasteiger partial charge in [0.2, 0.25) is 5.91 Å². The van der Waals surface area contributed by atoms with Crippen LogP contribution in [0.25, 0.3) is 0 Å². The Labute approximate surface area is 176 Å². The molecule has 2 aromatic rings. The Bertz CT molecular complexity index is 921. The molecule has 0 saturated heterocycles. The predicted octanol–water partition coefficient (Wildman–Crippen LogP) is 3.13. The van der Waals surface area contributed by atoms with Crippen LogP contribution in [0.1, 0.15) is 46.5 Å². The maximum absolute atomic E-state index is 12.8. The van der Waals surface area contributed by atoms with Gasteiger partial charge in [-0.15, -0.1) is 0 Å². The SMILES string of the molecule is CCOc1ccc(CN(CC)C(=O)CCN2C(=O)c3ccccc3C2=O)cc1OC. The zero-order chi connectivity index (χ0) is 21.7. The van der Waals surface area contributed by atoms with Gasteiger partial charge in [-0.05, 0) is 43.7 Å². The number of fused-ring (bicyclic) bond motifs is 1. The molecule has 7 nitrogen and oxygen atoms in total. The van der Waals surface area contributed by atoms with Crippen molar-refractivity contribution in [1.82, 2.24) is 9.80 Å². The second-order valence-electron chi connectivity index (χ2n) is 6.88. The summed E-state index contributed by atoms with van der Waals surface area (Å²) in [5.41, 5.74) is 1.69. The minimum absolute atomic E-state index is 0.0638. The minimum Gasteiger partial charge on any atom is -0.493 e. The number of methoxy groups -OCH3 is 1. The molecule has 0 saturated carbocycles. The molecule has 0 spiro atoms. The molecule has 1 heterocycles. The molecule has 3 amide bonds. The fourth-order valence-corrected chi connectivity index (χ4v) is 3.49.